The van der Waals surface area contributed by atoms with Gasteiger partial charge < -0.3 is 10.2 Å². The second kappa shape index (κ2) is 6.58. The molecule has 1 saturated heterocycles. The molecule has 0 unspecified atom stereocenters. The lowest BCUT2D eigenvalue weighted by atomic mass is 9.68. The van der Waals surface area contributed by atoms with E-state index in [1.165, 1.54) is 69.3 Å². The molecule has 0 radical (unpaired) electrons. The predicted molar refractivity (Wildman–Crippen MR) is 91.2 cm³/mol. The summed E-state index contributed by atoms with van der Waals surface area (Å²) in [6.07, 6.45) is 9.94. The lowest BCUT2D eigenvalue weighted by Gasteiger charge is -2.45. The summed E-state index contributed by atoms with van der Waals surface area (Å²) in [6, 6.07) is 6.51. The Bertz CT molecular complexity index is 470. The van der Waals surface area contributed by atoms with Crippen LogP contribution in [-0.2, 0) is 6.54 Å². The molecule has 2 aliphatic rings. The van der Waals surface area contributed by atoms with E-state index in [-0.39, 0.29) is 0 Å². The van der Waals surface area contributed by atoms with Crippen molar-refractivity contribution in [1.82, 2.24) is 5.32 Å². The third-order valence-electron chi connectivity index (χ3n) is 5.47. The molecule has 2 fully saturated rings. The van der Waals surface area contributed by atoms with E-state index >= 15 is 0 Å². The van der Waals surface area contributed by atoms with E-state index in [2.05, 4.69) is 28.4 Å². The van der Waals surface area contributed by atoms with Gasteiger partial charge >= 0.3 is 0 Å². The van der Waals surface area contributed by atoms with E-state index in [1.807, 2.05) is 7.05 Å². The minimum atomic E-state index is 0.660. The van der Waals surface area contributed by atoms with Crippen LogP contribution in [0, 0.1) is 5.41 Å². The summed E-state index contributed by atoms with van der Waals surface area (Å²) in [5.74, 6) is 0. The molecular weight excluding hydrogens is 280 g/mol. The summed E-state index contributed by atoms with van der Waals surface area (Å²) in [5.41, 5.74) is 3.14. The number of piperidine rings is 1. The Morgan fingerprint density at radius 3 is 2.43 bits per heavy atom. The topological polar surface area (TPSA) is 15.3 Å². The van der Waals surface area contributed by atoms with Crippen molar-refractivity contribution in [2.75, 3.05) is 25.0 Å². The molecule has 1 heterocycles. The van der Waals surface area contributed by atoms with Crippen LogP contribution in [0.15, 0.2) is 18.2 Å². The average molecular weight is 307 g/mol. The maximum atomic E-state index is 6.51. The lowest BCUT2D eigenvalue weighted by Crippen LogP contribution is -2.41. The maximum Gasteiger partial charge on any atom is 0.0642 e. The van der Waals surface area contributed by atoms with Crippen LogP contribution >= 0.6 is 11.6 Å². The van der Waals surface area contributed by atoms with Gasteiger partial charge in [-0.1, -0.05) is 36.9 Å². The van der Waals surface area contributed by atoms with Crippen molar-refractivity contribution in [3.63, 3.8) is 0 Å². The first kappa shape index (κ1) is 15.2. The highest BCUT2D eigenvalue weighted by Crippen LogP contribution is 2.45. The molecule has 3 rings (SSSR count). The highest BCUT2D eigenvalue weighted by atomic mass is 35.5. The molecule has 0 atom stereocenters. The first-order valence-electron chi connectivity index (χ1n) is 8.40. The van der Waals surface area contributed by atoms with Gasteiger partial charge in [0.2, 0.25) is 0 Å². The number of nitrogens with one attached hydrogen (secondary N) is 1. The van der Waals surface area contributed by atoms with Gasteiger partial charge in [-0.15, -0.1) is 0 Å². The zero-order chi connectivity index (χ0) is 14.7. The summed E-state index contributed by atoms with van der Waals surface area (Å²) >= 11 is 6.51. The number of benzene rings is 1. The van der Waals surface area contributed by atoms with E-state index < -0.39 is 0 Å². The summed E-state index contributed by atoms with van der Waals surface area (Å²) in [4.78, 5) is 2.49. The Kier molecular flexibility index (Phi) is 4.75. The lowest BCUT2D eigenvalue weighted by molar-refractivity contribution is 0.144. The van der Waals surface area contributed by atoms with Gasteiger partial charge in [0.25, 0.3) is 0 Å². The van der Waals surface area contributed by atoms with Gasteiger partial charge in [-0.25, -0.2) is 0 Å². The number of anilines is 1. The number of rotatable bonds is 3. The van der Waals surface area contributed by atoms with Crippen LogP contribution in [0.3, 0.4) is 0 Å². The third-order valence-corrected chi connectivity index (χ3v) is 5.77. The van der Waals surface area contributed by atoms with Crippen molar-refractivity contribution in [1.29, 1.82) is 0 Å². The second-order valence-corrected chi connectivity index (χ2v) is 7.27. The van der Waals surface area contributed by atoms with Crippen LogP contribution in [-0.4, -0.2) is 20.1 Å². The first-order chi connectivity index (χ1) is 10.2. The quantitative estimate of drug-likeness (QED) is 0.877. The molecule has 1 N–H and O–H groups in total. The minimum Gasteiger partial charge on any atom is -0.370 e. The van der Waals surface area contributed by atoms with Crippen molar-refractivity contribution < 1.29 is 0 Å². The molecule has 2 nitrogen and oxygen atoms in total. The number of halogens is 1. The van der Waals surface area contributed by atoms with E-state index in [0.717, 1.165) is 11.6 Å². The Balaban J connectivity index is 1.66. The van der Waals surface area contributed by atoms with Crippen LogP contribution in [0.1, 0.15) is 50.5 Å². The standard InChI is InChI=1S/C18H27ClN2/c1-20-14-15-5-6-17(16(19)13-15)21-11-9-18(10-12-21)7-3-2-4-8-18/h5-6,13,20H,2-4,7-12,14H2,1H3. The highest BCUT2D eigenvalue weighted by molar-refractivity contribution is 6.33. The molecule has 21 heavy (non-hydrogen) atoms. The van der Waals surface area contributed by atoms with Crippen molar-refractivity contribution in [2.24, 2.45) is 5.41 Å². The Morgan fingerprint density at radius 2 is 1.81 bits per heavy atom. The molecule has 1 spiro atoms. The fourth-order valence-electron chi connectivity index (χ4n) is 4.14. The van der Waals surface area contributed by atoms with Crippen LogP contribution in [0.5, 0.6) is 0 Å². The Labute approximate surface area is 133 Å². The predicted octanol–water partition coefficient (Wildman–Crippen LogP) is 4.61. The van der Waals surface area contributed by atoms with Crippen LogP contribution in [0.4, 0.5) is 5.69 Å². The Hall–Kier alpha value is -0.730. The van der Waals surface area contributed by atoms with Gasteiger partial charge in [0.15, 0.2) is 0 Å². The monoisotopic (exact) mass is 306 g/mol. The molecular formula is C18H27ClN2. The molecule has 1 aromatic carbocycles. The minimum absolute atomic E-state index is 0.660. The van der Waals surface area contributed by atoms with Gasteiger partial charge in [0.1, 0.15) is 0 Å². The van der Waals surface area contributed by atoms with Gasteiger partial charge in [-0.05, 0) is 55.8 Å². The molecule has 1 aliphatic carbocycles. The largest absolute Gasteiger partial charge is 0.370 e. The molecule has 1 aliphatic heterocycles. The van der Waals surface area contributed by atoms with E-state index in [0.29, 0.717) is 5.41 Å². The van der Waals surface area contributed by atoms with Gasteiger partial charge in [0.05, 0.1) is 10.7 Å². The zero-order valence-corrected chi connectivity index (χ0v) is 13.9. The van der Waals surface area contributed by atoms with E-state index in [1.54, 1.807) is 0 Å². The zero-order valence-electron chi connectivity index (χ0n) is 13.1. The fourth-order valence-corrected chi connectivity index (χ4v) is 4.47. The van der Waals surface area contributed by atoms with Crippen molar-refractivity contribution in [3.8, 4) is 0 Å². The van der Waals surface area contributed by atoms with Crippen LogP contribution < -0.4 is 10.2 Å². The number of hydrogen-bond donors (Lipinski definition) is 1. The molecule has 0 amide bonds. The highest BCUT2D eigenvalue weighted by Gasteiger charge is 2.35. The van der Waals surface area contributed by atoms with Gasteiger partial charge in [-0.3, -0.25) is 0 Å². The van der Waals surface area contributed by atoms with E-state index in [9.17, 15) is 0 Å². The second-order valence-electron chi connectivity index (χ2n) is 6.86. The summed E-state index contributed by atoms with van der Waals surface area (Å²) in [7, 11) is 1.97. The first-order valence-corrected chi connectivity index (χ1v) is 8.78. The Morgan fingerprint density at radius 1 is 1.10 bits per heavy atom. The molecule has 1 aromatic rings. The van der Waals surface area contributed by atoms with Crippen molar-refractivity contribution in [3.05, 3.63) is 28.8 Å². The number of hydrogen-bond acceptors (Lipinski definition) is 2. The van der Waals surface area contributed by atoms with Gasteiger partial charge in [0, 0.05) is 19.6 Å². The van der Waals surface area contributed by atoms with Crippen LogP contribution in [0.25, 0.3) is 0 Å². The normalized spacial score (nSPS) is 21.7. The average Bonchev–Trinajstić information content (AvgIpc) is 2.50. The SMILES string of the molecule is CNCc1ccc(N2CCC3(CCCCC3)CC2)c(Cl)c1. The summed E-state index contributed by atoms with van der Waals surface area (Å²) in [5, 5.41) is 4.08. The van der Waals surface area contributed by atoms with Crippen molar-refractivity contribution in [2.45, 2.75) is 51.5 Å². The molecule has 0 aromatic heterocycles. The van der Waals surface area contributed by atoms with Gasteiger partial charge in [-0.2, -0.15) is 0 Å². The molecule has 1 saturated carbocycles. The number of nitrogens with zero attached hydrogens (tertiary/aromatic N) is 1. The third kappa shape index (κ3) is 3.37. The molecule has 0 bridgehead atoms. The fraction of sp³-hybridized carbons (Fsp3) is 0.667. The van der Waals surface area contributed by atoms with E-state index in [4.69, 9.17) is 11.6 Å². The summed E-state index contributed by atoms with van der Waals surface area (Å²) in [6.45, 7) is 3.22. The smallest absolute Gasteiger partial charge is 0.0642 e. The van der Waals surface area contributed by atoms with Crippen LogP contribution in [0.2, 0.25) is 5.02 Å². The molecule has 116 valence electrons. The summed E-state index contributed by atoms with van der Waals surface area (Å²) < 4.78 is 0. The maximum absolute atomic E-state index is 6.51. The molecule has 3 heteroatoms. The van der Waals surface area contributed by atoms with Crippen molar-refractivity contribution >= 4 is 17.3 Å².